The van der Waals surface area contributed by atoms with Crippen molar-refractivity contribution in [3.8, 4) is 6.07 Å². The number of nitriles is 1. The Bertz CT molecular complexity index is 419. The van der Waals surface area contributed by atoms with Gasteiger partial charge in [-0.25, -0.2) is 4.98 Å². The molecule has 2 N–H and O–H groups in total. The molecule has 17 heavy (non-hydrogen) atoms. The Morgan fingerprint density at radius 3 is 2.76 bits per heavy atom. The summed E-state index contributed by atoms with van der Waals surface area (Å²) in [4.78, 5) is 17.7. The Labute approximate surface area is 101 Å². The first-order chi connectivity index (χ1) is 8.06. The number of carbonyl (C=O) groups is 1. The summed E-state index contributed by atoms with van der Waals surface area (Å²) in [6.45, 7) is 4.23. The largest absolute Gasteiger partial charge is 0.397 e. The predicted octanol–water partition coefficient (Wildman–Crippen LogP) is 1.43. The van der Waals surface area contributed by atoms with E-state index in [1.807, 2.05) is 19.9 Å². The first-order valence-electron chi connectivity index (χ1n) is 5.45. The van der Waals surface area contributed by atoms with Crippen LogP contribution in [0.2, 0.25) is 0 Å². The van der Waals surface area contributed by atoms with Gasteiger partial charge in [-0.1, -0.05) is 0 Å². The van der Waals surface area contributed by atoms with Crippen LogP contribution < -0.4 is 5.73 Å². The molecule has 1 amide bonds. The highest BCUT2D eigenvalue weighted by Crippen LogP contribution is 2.08. The molecule has 0 atom stereocenters. The summed E-state index contributed by atoms with van der Waals surface area (Å²) in [6.07, 6.45) is 1.77. The number of nitrogen functional groups attached to an aromatic ring is 1. The molecule has 1 rings (SSSR count). The topological polar surface area (TPSA) is 83.0 Å². The number of aromatic nitrogens is 1. The van der Waals surface area contributed by atoms with Crippen LogP contribution >= 0.6 is 0 Å². The average molecular weight is 232 g/mol. The van der Waals surface area contributed by atoms with Crippen LogP contribution in [0.3, 0.4) is 0 Å². The fourth-order valence-electron chi connectivity index (χ4n) is 1.44. The maximum absolute atomic E-state index is 12.1. The van der Waals surface area contributed by atoms with Crippen LogP contribution in [0.1, 0.15) is 30.8 Å². The highest BCUT2D eigenvalue weighted by molar-refractivity contribution is 5.92. The fourth-order valence-corrected chi connectivity index (χ4v) is 1.44. The Kier molecular flexibility index (Phi) is 4.46. The minimum Gasteiger partial charge on any atom is -0.397 e. The van der Waals surface area contributed by atoms with Crippen molar-refractivity contribution in [3.63, 3.8) is 0 Å². The van der Waals surface area contributed by atoms with Crippen molar-refractivity contribution in [1.29, 1.82) is 5.26 Å². The van der Waals surface area contributed by atoms with Crippen LogP contribution in [-0.4, -0.2) is 28.4 Å². The number of hydrogen-bond donors (Lipinski definition) is 1. The third-order valence-electron chi connectivity index (χ3n) is 2.35. The highest BCUT2D eigenvalue weighted by atomic mass is 16.2. The van der Waals surface area contributed by atoms with Crippen molar-refractivity contribution >= 4 is 11.6 Å². The molecular weight excluding hydrogens is 216 g/mol. The molecule has 1 aromatic rings. The Morgan fingerprint density at radius 2 is 2.29 bits per heavy atom. The van der Waals surface area contributed by atoms with Gasteiger partial charge in [-0.15, -0.1) is 0 Å². The van der Waals surface area contributed by atoms with Crippen molar-refractivity contribution in [3.05, 3.63) is 24.0 Å². The lowest BCUT2D eigenvalue weighted by Gasteiger charge is -2.25. The zero-order valence-corrected chi connectivity index (χ0v) is 10.1. The van der Waals surface area contributed by atoms with Gasteiger partial charge in [0, 0.05) is 12.6 Å². The quantitative estimate of drug-likeness (QED) is 0.851. The van der Waals surface area contributed by atoms with Gasteiger partial charge in [-0.05, 0) is 26.0 Å². The van der Waals surface area contributed by atoms with E-state index in [0.717, 1.165) is 0 Å². The smallest absolute Gasteiger partial charge is 0.272 e. The summed E-state index contributed by atoms with van der Waals surface area (Å²) in [5.41, 5.74) is 6.39. The van der Waals surface area contributed by atoms with Crippen LogP contribution in [0, 0.1) is 11.3 Å². The highest BCUT2D eigenvalue weighted by Gasteiger charge is 2.19. The van der Waals surface area contributed by atoms with Crippen LogP contribution in [0.25, 0.3) is 0 Å². The minimum absolute atomic E-state index is 0.0372. The number of rotatable bonds is 4. The molecule has 0 radical (unpaired) electrons. The van der Waals surface area contributed by atoms with Gasteiger partial charge in [0.25, 0.3) is 5.91 Å². The van der Waals surface area contributed by atoms with Gasteiger partial charge in [-0.3, -0.25) is 4.79 Å². The lowest BCUT2D eigenvalue weighted by atomic mass is 10.2. The number of nitrogens with zero attached hydrogens (tertiary/aromatic N) is 3. The van der Waals surface area contributed by atoms with Gasteiger partial charge >= 0.3 is 0 Å². The SMILES string of the molecule is CC(C)N(CCC#N)C(=O)c1ccc(N)cn1. The average Bonchev–Trinajstić information content (AvgIpc) is 2.29. The zero-order valence-electron chi connectivity index (χ0n) is 10.1. The lowest BCUT2D eigenvalue weighted by molar-refractivity contribution is 0.0704. The van der Waals surface area contributed by atoms with Crippen molar-refractivity contribution in [2.24, 2.45) is 0 Å². The number of hydrogen-bond acceptors (Lipinski definition) is 4. The van der Waals surface area contributed by atoms with Crippen molar-refractivity contribution in [1.82, 2.24) is 9.88 Å². The summed E-state index contributed by atoms with van der Waals surface area (Å²) in [5, 5.41) is 8.57. The molecule has 0 bridgehead atoms. The van der Waals surface area contributed by atoms with E-state index in [4.69, 9.17) is 11.0 Å². The molecule has 1 heterocycles. The molecule has 90 valence electrons. The van der Waals surface area contributed by atoms with E-state index in [1.54, 1.807) is 17.0 Å². The van der Waals surface area contributed by atoms with Gasteiger partial charge in [0.1, 0.15) is 5.69 Å². The number of nitrogens with two attached hydrogens (primary N) is 1. The van der Waals surface area contributed by atoms with Crippen LogP contribution in [-0.2, 0) is 0 Å². The Hall–Kier alpha value is -2.09. The lowest BCUT2D eigenvalue weighted by Crippen LogP contribution is -2.38. The first kappa shape index (κ1) is 13.0. The molecular formula is C12H16N4O. The Balaban J connectivity index is 2.84. The summed E-state index contributed by atoms with van der Waals surface area (Å²) in [5.74, 6) is -0.171. The summed E-state index contributed by atoms with van der Waals surface area (Å²) in [7, 11) is 0. The van der Waals surface area contributed by atoms with E-state index in [2.05, 4.69) is 4.98 Å². The van der Waals surface area contributed by atoms with Crippen molar-refractivity contribution in [2.45, 2.75) is 26.3 Å². The van der Waals surface area contributed by atoms with E-state index < -0.39 is 0 Å². The second-order valence-corrected chi connectivity index (χ2v) is 3.98. The van der Waals surface area contributed by atoms with Gasteiger partial charge in [0.2, 0.25) is 0 Å². The molecule has 0 saturated carbocycles. The fraction of sp³-hybridized carbons (Fsp3) is 0.417. The van der Waals surface area contributed by atoms with E-state index in [0.29, 0.717) is 24.3 Å². The molecule has 0 aromatic carbocycles. The van der Waals surface area contributed by atoms with E-state index in [1.165, 1.54) is 6.20 Å². The maximum Gasteiger partial charge on any atom is 0.272 e. The van der Waals surface area contributed by atoms with Crippen molar-refractivity contribution in [2.75, 3.05) is 12.3 Å². The van der Waals surface area contributed by atoms with Gasteiger partial charge in [0.15, 0.2) is 0 Å². The molecule has 0 aliphatic heterocycles. The van der Waals surface area contributed by atoms with Gasteiger partial charge in [0.05, 0.1) is 24.4 Å². The number of pyridine rings is 1. The molecule has 5 heteroatoms. The van der Waals surface area contributed by atoms with Gasteiger partial charge in [-0.2, -0.15) is 5.26 Å². The predicted molar refractivity (Wildman–Crippen MR) is 65.1 cm³/mol. The molecule has 0 spiro atoms. The standard InChI is InChI=1S/C12H16N4O/c1-9(2)16(7-3-6-13)12(17)11-5-4-10(14)8-15-11/h4-5,8-9H,3,7,14H2,1-2H3. The summed E-state index contributed by atoms with van der Waals surface area (Å²) in [6, 6.07) is 5.31. The minimum atomic E-state index is -0.171. The molecule has 1 aromatic heterocycles. The molecule has 0 unspecified atom stereocenters. The van der Waals surface area contributed by atoms with Gasteiger partial charge < -0.3 is 10.6 Å². The van der Waals surface area contributed by atoms with E-state index in [-0.39, 0.29) is 11.9 Å². The van der Waals surface area contributed by atoms with E-state index >= 15 is 0 Å². The Morgan fingerprint density at radius 1 is 1.59 bits per heavy atom. The number of amides is 1. The number of anilines is 1. The van der Waals surface area contributed by atoms with Crippen LogP contribution in [0.15, 0.2) is 18.3 Å². The zero-order chi connectivity index (χ0) is 12.8. The number of carbonyl (C=O) groups excluding carboxylic acids is 1. The summed E-state index contributed by atoms with van der Waals surface area (Å²) < 4.78 is 0. The second-order valence-electron chi connectivity index (χ2n) is 3.98. The monoisotopic (exact) mass is 232 g/mol. The second kappa shape index (κ2) is 5.85. The summed E-state index contributed by atoms with van der Waals surface area (Å²) >= 11 is 0. The third kappa shape index (κ3) is 3.45. The molecule has 0 saturated heterocycles. The van der Waals surface area contributed by atoms with E-state index in [9.17, 15) is 4.79 Å². The normalized spacial score (nSPS) is 10.0. The maximum atomic E-state index is 12.1. The molecule has 0 fully saturated rings. The third-order valence-corrected chi connectivity index (χ3v) is 2.35. The van der Waals surface area contributed by atoms with Crippen molar-refractivity contribution < 1.29 is 4.79 Å². The molecule has 0 aliphatic rings. The first-order valence-corrected chi connectivity index (χ1v) is 5.45. The van der Waals surface area contributed by atoms with Crippen LogP contribution in [0.4, 0.5) is 5.69 Å². The molecule has 0 aliphatic carbocycles. The molecule has 5 nitrogen and oxygen atoms in total. The van der Waals surface area contributed by atoms with Crippen LogP contribution in [0.5, 0.6) is 0 Å².